The Morgan fingerprint density at radius 2 is 1.66 bits per heavy atom. The summed E-state index contributed by atoms with van der Waals surface area (Å²) in [6, 6.07) is 6.71. The zero-order valence-corrected chi connectivity index (χ0v) is 19.0. The summed E-state index contributed by atoms with van der Waals surface area (Å²) in [7, 11) is 0. The van der Waals surface area contributed by atoms with Crippen molar-refractivity contribution in [3.05, 3.63) is 57.9 Å². The van der Waals surface area contributed by atoms with Gasteiger partial charge in [-0.25, -0.2) is 4.39 Å². The van der Waals surface area contributed by atoms with Crippen LogP contribution >= 0.6 is 0 Å². The number of aryl methyl sites for hydroxylation is 4. The molecule has 6 heteroatoms. The fraction of sp³-hybridized carbons (Fsp3) is 0.435. The topological polar surface area (TPSA) is 72.4 Å². The van der Waals surface area contributed by atoms with E-state index in [4.69, 9.17) is 0 Å². The number of nitrogens with one attached hydrogen (secondary N) is 1. The van der Waals surface area contributed by atoms with Crippen molar-refractivity contribution < 1.29 is 18.8 Å². The van der Waals surface area contributed by atoms with Gasteiger partial charge in [-0.15, -0.1) is 4.72 Å². The van der Waals surface area contributed by atoms with Gasteiger partial charge in [0.25, 0.3) is 0 Å². The van der Waals surface area contributed by atoms with Gasteiger partial charge in [0.1, 0.15) is 10.6 Å². The third-order valence-corrected chi connectivity index (χ3v) is 6.42. The van der Waals surface area contributed by atoms with Crippen LogP contribution in [0, 0.1) is 33.5 Å². The van der Waals surface area contributed by atoms with Gasteiger partial charge in [0, 0.05) is 16.9 Å². The molecule has 2 N–H and O–H groups in total. The van der Waals surface area contributed by atoms with E-state index in [0.29, 0.717) is 5.56 Å². The van der Waals surface area contributed by atoms with Crippen LogP contribution in [0.15, 0.2) is 24.3 Å². The first-order valence-corrected chi connectivity index (χ1v) is 10.7. The molecule has 0 aliphatic rings. The molecular formula is C23H30FNO3S. The van der Waals surface area contributed by atoms with Crippen LogP contribution in [-0.2, 0) is 16.2 Å². The highest BCUT2D eigenvalue weighted by Gasteiger charge is 2.32. The fourth-order valence-electron chi connectivity index (χ4n) is 3.53. The van der Waals surface area contributed by atoms with Crippen molar-refractivity contribution in [1.29, 1.82) is 0 Å². The molecule has 1 unspecified atom stereocenters. The number of benzene rings is 2. The maximum Gasteiger partial charge on any atom is 0.305 e. The molecular weight excluding hydrogens is 389 g/mol. The average Bonchev–Trinajstić information content (AvgIpc) is 2.54. The van der Waals surface area contributed by atoms with Crippen LogP contribution in [0.2, 0.25) is 0 Å². The first-order chi connectivity index (χ1) is 13.3. The van der Waals surface area contributed by atoms with E-state index < -0.39 is 33.9 Å². The highest BCUT2D eigenvalue weighted by atomic mass is 32.2. The summed E-state index contributed by atoms with van der Waals surface area (Å²) >= 11 is -1.54. The van der Waals surface area contributed by atoms with Crippen LogP contribution < -0.4 is 4.72 Å². The van der Waals surface area contributed by atoms with Gasteiger partial charge in [-0.3, -0.25) is 4.79 Å². The maximum absolute atomic E-state index is 15.1. The Bertz CT molecular complexity index is 898. The van der Waals surface area contributed by atoms with Crippen LogP contribution in [0.3, 0.4) is 0 Å². The van der Waals surface area contributed by atoms with E-state index in [1.165, 1.54) is 0 Å². The molecule has 2 aromatic rings. The summed E-state index contributed by atoms with van der Waals surface area (Å²) in [4.78, 5) is 11.4. The number of carbonyl (C=O) groups is 1. The minimum atomic E-state index is -1.54. The van der Waals surface area contributed by atoms with Crippen molar-refractivity contribution in [2.75, 3.05) is 0 Å². The molecule has 0 saturated carbocycles. The summed E-state index contributed by atoms with van der Waals surface area (Å²) in [5.41, 5.74) is 5.77. The van der Waals surface area contributed by atoms with Gasteiger partial charge in [-0.2, -0.15) is 0 Å². The molecule has 2 rings (SSSR count). The Hall–Kier alpha value is -1.89. The van der Waals surface area contributed by atoms with Crippen molar-refractivity contribution in [2.45, 2.75) is 65.7 Å². The molecule has 0 aliphatic carbocycles. The number of hydrogen-bond donors (Lipinski definition) is 2. The van der Waals surface area contributed by atoms with Gasteiger partial charge in [-0.05, 0) is 88.4 Å². The Morgan fingerprint density at radius 3 is 2.14 bits per heavy atom. The largest absolute Gasteiger partial charge is 0.598 e. The lowest BCUT2D eigenvalue weighted by atomic mass is 9.90. The lowest BCUT2D eigenvalue weighted by Crippen LogP contribution is -2.42. The number of hydrogen-bond acceptors (Lipinski definition) is 3. The Labute approximate surface area is 175 Å². The maximum atomic E-state index is 15.1. The van der Waals surface area contributed by atoms with E-state index in [1.54, 1.807) is 39.8 Å². The second-order valence-corrected chi connectivity index (χ2v) is 10.6. The molecule has 29 heavy (non-hydrogen) atoms. The molecule has 0 saturated heterocycles. The summed E-state index contributed by atoms with van der Waals surface area (Å²) < 4.78 is 29.9. The van der Waals surface area contributed by atoms with Crippen molar-refractivity contribution in [3.63, 3.8) is 0 Å². The molecule has 2 aromatic carbocycles. The molecule has 2 atom stereocenters. The second kappa shape index (κ2) is 8.86. The van der Waals surface area contributed by atoms with Crippen molar-refractivity contribution in [3.8, 4) is 11.1 Å². The van der Waals surface area contributed by atoms with Gasteiger partial charge >= 0.3 is 5.97 Å². The van der Waals surface area contributed by atoms with Gasteiger partial charge in [0.2, 0.25) is 0 Å². The van der Waals surface area contributed by atoms with E-state index in [-0.39, 0.29) is 12.0 Å². The number of aliphatic carboxylic acids is 1. The van der Waals surface area contributed by atoms with Crippen molar-refractivity contribution in [2.24, 2.45) is 0 Å². The molecule has 0 spiro atoms. The summed E-state index contributed by atoms with van der Waals surface area (Å²) in [5.74, 6) is -1.56. The first kappa shape index (κ1) is 23.4. The number of carboxylic acids is 1. The lowest BCUT2D eigenvalue weighted by Gasteiger charge is -2.28. The molecule has 4 nitrogen and oxygen atoms in total. The van der Waals surface area contributed by atoms with Crippen LogP contribution in [-0.4, -0.2) is 20.4 Å². The Kier molecular flexibility index (Phi) is 7.14. The molecule has 0 aliphatic heterocycles. The minimum absolute atomic E-state index is 0.222. The minimum Gasteiger partial charge on any atom is -0.598 e. The normalized spacial score (nSPS) is 14.0. The third-order valence-electron chi connectivity index (χ3n) is 4.81. The molecule has 0 aromatic heterocycles. The third kappa shape index (κ3) is 5.59. The quantitative estimate of drug-likeness (QED) is 0.624. The first-order valence-electron chi connectivity index (χ1n) is 9.59. The van der Waals surface area contributed by atoms with Crippen LogP contribution in [0.4, 0.5) is 4.39 Å². The molecule has 0 amide bonds. The molecule has 0 fully saturated rings. The van der Waals surface area contributed by atoms with E-state index in [1.807, 2.05) is 20.8 Å². The van der Waals surface area contributed by atoms with E-state index >= 15 is 4.39 Å². The fourth-order valence-corrected chi connectivity index (χ4v) is 4.35. The average molecular weight is 420 g/mol. The van der Waals surface area contributed by atoms with Gasteiger partial charge in [0.05, 0.1) is 12.5 Å². The van der Waals surface area contributed by atoms with Gasteiger partial charge < -0.3 is 9.66 Å². The molecule has 0 heterocycles. The summed E-state index contributed by atoms with van der Waals surface area (Å²) in [5, 5.41) is 9.36. The predicted molar refractivity (Wildman–Crippen MR) is 117 cm³/mol. The lowest BCUT2D eigenvalue weighted by molar-refractivity contribution is -0.137. The highest BCUT2D eigenvalue weighted by molar-refractivity contribution is 7.90. The Morgan fingerprint density at radius 1 is 1.10 bits per heavy atom. The van der Waals surface area contributed by atoms with Crippen molar-refractivity contribution >= 4 is 17.3 Å². The van der Waals surface area contributed by atoms with Crippen molar-refractivity contribution in [1.82, 2.24) is 4.72 Å². The molecule has 0 radical (unpaired) electrons. The standard InChI is InChI=1S/C23H30FNO3S/c1-13-8-14(2)21(15(3)9-13)17-10-16(4)22(24)18(11-17)19(12-20(26)27)25-29(28)23(5,6)7/h8-11,19,25H,12H2,1-7H3,(H,26,27)/t19-,29?/m0/s1. The van der Waals surface area contributed by atoms with Crippen LogP contribution in [0.1, 0.15) is 61.1 Å². The van der Waals surface area contributed by atoms with E-state index in [0.717, 1.165) is 27.8 Å². The predicted octanol–water partition coefficient (Wildman–Crippen LogP) is 5.29. The smallest absolute Gasteiger partial charge is 0.305 e. The number of carboxylic acid groups (broad SMARTS) is 1. The summed E-state index contributed by atoms with van der Waals surface area (Å²) in [6.07, 6.45) is -0.368. The Balaban J connectivity index is 2.62. The van der Waals surface area contributed by atoms with E-state index in [9.17, 15) is 14.5 Å². The number of halogens is 1. The zero-order chi connectivity index (χ0) is 22.1. The number of rotatable bonds is 6. The SMILES string of the molecule is Cc1cc(C)c(-c2cc(C)c(F)c([C@H](CC(=O)O)N[S+]([O-])C(C)(C)C)c2)c(C)c1. The van der Waals surface area contributed by atoms with Crippen LogP contribution in [0.5, 0.6) is 0 Å². The van der Waals surface area contributed by atoms with Gasteiger partial charge in [0.15, 0.2) is 0 Å². The van der Waals surface area contributed by atoms with Gasteiger partial charge in [-0.1, -0.05) is 17.7 Å². The highest BCUT2D eigenvalue weighted by Crippen LogP contribution is 2.34. The molecule has 0 bridgehead atoms. The molecule has 158 valence electrons. The second-order valence-electron chi connectivity index (χ2n) is 8.62. The zero-order valence-electron chi connectivity index (χ0n) is 18.1. The van der Waals surface area contributed by atoms with Crippen LogP contribution in [0.25, 0.3) is 11.1 Å². The summed E-state index contributed by atoms with van der Waals surface area (Å²) in [6.45, 7) is 13.1. The van der Waals surface area contributed by atoms with E-state index in [2.05, 4.69) is 16.9 Å². The monoisotopic (exact) mass is 419 g/mol.